The van der Waals surface area contributed by atoms with E-state index < -0.39 is 0 Å². The maximum Gasteiger partial charge on any atom is 0.0628 e. The molecule has 0 unspecified atom stereocenters. The highest BCUT2D eigenvalue weighted by Crippen LogP contribution is 2.10. The van der Waals surface area contributed by atoms with Crippen LogP contribution in [-0.4, -0.2) is 43.8 Å². The van der Waals surface area contributed by atoms with Crippen LogP contribution in [0.1, 0.15) is 6.92 Å². The largest absolute Gasteiger partial charge is 0.380 e. The normalized spacial score (nSPS) is 18.4. The fraction of sp³-hybridized carbons (Fsp3) is 1.00. The number of rotatable bonds is 5. The highest BCUT2D eigenvalue weighted by molar-refractivity contribution is 4.85. The summed E-state index contributed by atoms with van der Waals surface area (Å²) in [4.78, 5) is 4.97. The fourth-order valence-corrected chi connectivity index (χ4v) is 1.21. The van der Waals surface area contributed by atoms with Crippen LogP contribution in [0.4, 0.5) is 0 Å². The molecule has 0 saturated carbocycles. The van der Waals surface area contributed by atoms with Crippen LogP contribution in [-0.2, 0) is 4.74 Å². The molecule has 0 N–H and O–H groups in total. The van der Waals surface area contributed by atoms with E-state index in [-0.39, 0.29) is 6.04 Å². The molecule has 1 rings (SSSR count). The Morgan fingerprint density at radius 2 is 2.42 bits per heavy atom. The van der Waals surface area contributed by atoms with Gasteiger partial charge in [-0.2, -0.15) is 0 Å². The van der Waals surface area contributed by atoms with Gasteiger partial charge in [0.05, 0.1) is 12.6 Å². The third-order valence-corrected chi connectivity index (χ3v) is 1.91. The molecule has 1 aliphatic rings. The second-order valence-electron chi connectivity index (χ2n) is 2.82. The van der Waals surface area contributed by atoms with E-state index in [9.17, 15) is 0 Å². The van der Waals surface area contributed by atoms with Crippen LogP contribution < -0.4 is 0 Å². The molecular weight excluding hydrogens is 156 g/mol. The lowest BCUT2D eigenvalue weighted by Crippen LogP contribution is -2.50. The van der Waals surface area contributed by atoms with Crippen molar-refractivity contribution in [1.29, 1.82) is 0 Å². The van der Waals surface area contributed by atoms with Crippen LogP contribution in [0, 0.1) is 0 Å². The number of nitrogens with zero attached hydrogens (tertiary/aromatic N) is 4. The summed E-state index contributed by atoms with van der Waals surface area (Å²) >= 11 is 0. The highest BCUT2D eigenvalue weighted by Gasteiger charge is 2.24. The summed E-state index contributed by atoms with van der Waals surface area (Å²) in [6.45, 7) is 6.26. The van der Waals surface area contributed by atoms with Gasteiger partial charge in [-0.3, -0.25) is 0 Å². The Labute approximate surface area is 71.9 Å². The minimum Gasteiger partial charge on any atom is -0.380 e. The van der Waals surface area contributed by atoms with Gasteiger partial charge in [0.25, 0.3) is 0 Å². The molecule has 12 heavy (non-hydrogen) atoms. The molecule has 5 nitrogen and oxygen atoms in total. The van der Waals surface area contributed by atoms with Crippen LogP contribution in [0.3, 0.4) is 0 Å². The van der Waals surface area contributed by atoms with Gasteiger partial charge in [0.2, 0.25) is 0 Å². The predicted molar refractivity (Wildman–Crippen MR) is 45.9 cm³/mol. The molecular formula is C7H14N4O. The van der Waals surface area contributed by atoms with Gasteiger partial charge in [-0.1, -0.05) is 5.11 Å². The lowest BCUT2D eigenvalue weighted by atomic mass is 10.1. The van der Waals surface area contributed by atoms with E-state index in [1.807, 2.05) is 6.92 Å². The van der Waals surface area contributed by atoms with Crippen LogP contribution in [0.25, 0.3) is 10.4 Å². The Kier molecular flexibility index (Phi) is 3.87. The smallest absolute Gasteiger partial charge is 0.0628 e. The van der Waals surface area contributed by atoms with E-state index >= 15 is 0 Å². The zero-order chi connectivity index (χ0) is 8.81. The second-order valence-corrected chi connectivity index (χ2v) is 2.82. The van der Waals surface area contributed by atoms with Crippen molar-refractivity contribution in [2.45, 2.75) is 13.0 Å². The highest BCUT2D eigenvalue weighted by atomic mass is 16.5. The van der Waals surface area contributed by atoms with Crippen molar-refractivity contribution in [3.05, 3.63) is 10.4 Å². The van der Waals surface area contributed by atoms with E-state index in [1.165, 1.54) is 0 Å². The molecule has 68 valence electrons. The van der Waals surface area contributed by atoms with Gasteiger partial charge in [-0.25, -0.2) is 0 Å². The van der Waals surface area contributed by atoms with E-state index in [1.54, 1.807) is 0 Å². The van der Waals surface area contributed by atoms with Gasteiger partial charge in [0.15, 0.2) is 0 Å². The molecule has 0 atom stereocenters. The van der Waals surface area contributed by atoms with Crippen molar-refractivity contribution in [2.24, 2.45) is 5.11 Å². The molecule has 0 aliphatic carbocycles. The average Bonchev–Trinajstić information content (AvgIpc) is 2.00. The minimum atomic E-state index is 0.191. The average molecular weight is 170 g/mol. The maximum atomic E-state index is 8.12. The molecule has 0 spiro atoms. The number of likely N-dealkylation sites (tertiary alicyclic amines) is 1. The Balaban J connectivity index is 1.98. The summed E-state index contributed by atoms with van der Waals surface area (Å²) in [5.74, 6) is 0. The molecule has 1 saturated heterocycles. The molecule has 5 heteroatoms. The predicted octanol–water partition coefficient (Wildman–Crippen LogP) is 1.02. The summed E-state index contributed by atoms with van der Waals surface area (Å²) in [6, 6.07) is 0.191. The van der Waals surface area contributed by atoms with Crippen molar-refractivity contribution in [3.63, 3.8) is 0 Å². The summed E-state index contributed by atoms with van der Waals surface area (Å²) < 4.78 is 5.19. The van der Waals surface area contributed by atoms with E-state index in [0.717, 1.165) is 32.8 Å². The number of hydrogen-bond acceptors (Lipinski definition) is 3. The maximum absolute atomic E-state index is 8.12. The van der Waals surface area contributed by atoms with Gasteiger partial charge >= 0.3 is 0 Å². The number of ether oxygens (including phenoxy) is 1. The molecule has 0 aromatic heterocycles. The van der Waals surface area contributed by atoms with Gasteiger partial charge in [0, 0.05) is 31.2 Å². The SMILES string of the molecule is CCOCCN1CC(N=[N+]=[N-])C1. The van der Waals surface area contributed by atoms with E-state index in [0.29, 0.717) is 0 Å². The van der Waals surface area contributed by atoms with Gasteiger partial charge < -0.3 is 9.64 Å². The van der Waals surface area contributed by atoms with Crippen molar-refractivity contribution < 1.29 is 4.74 Å². The summed E-state index contributed by atoms with van der Waals surface area (Å²) in [6.07, 6.45) is 0. The molecule has 0 aromatic carbocycles. The third kappa shape index (κ3) is 2.70. The monoisotopic (exact) mass is 170 g/mol. The van der Waals surface area contributed by atoms with Crippen LogP contribution in [0.5, 0.6) is 0 Å². The molecule has 0 aromatic rings. The molecule has 1 aliphatic heterocycles. The first kappa shape index (κ1) is 9.32. The molecule has 1 fully saturated rings. The van der Waals surface area contributed by atoms with Crippen molar-refractivity contribution >= 4 is 0 Å². The fourth-order valence-electron chi connectivity index (χ4n) is 1.21. The first-order valence-corrected chi connectivity index (χ1v) is 4.21. The molecule has 0 amide bonds. The lowest BCUT2D eigenvalue weighted by molar-refractivity contribution is 0.0771. The third-order valence-electron chi connectivity index (χ3n) is 1.91. The van der Waals surface area contributed by atoms with Gasteiger partial charge in [-0.05, 0) is 12.5 Å². The summed E-state index contributed by atoms with van der Waals surface area (Å²) in [5, 5.41) is 3.61. The molecule has 0 bridgehead atoms. The topological polar surface area (TPSA) is 61.2 Å². The van der Waals surface area contributed by atoms with Crippen molar-refractivity contribution in [3.8, 4) is 0 Å². The quantitative estimate of drug-likeness (QED) is 0.267. The molecule has 0 radical (unpaired) electrons. The zero-order valence-corrected chi connectivity index (χ0v) is 7.31. The summed E-state index contributed by atoms with van der Waals surface area (Å²) in [7, 11) is 0. The van der Waals surface area contributed by atoms with Crippen molar-refractivity contribution in [1.82, 2.24) is 4.90 Å². The van der Waals surface area contributed by atoms with Crippen molar-refractivity contribution in [2.75, 3.05) is 32.8 Å². The number of hydrogen-bond donors (Lipinski definition) is 0. The first-order chi connectivity index (χ1) is 5.86. The Bertz CT molecular complexity index is 172. The van der Waals surface area contributed by atoms with E-state index in [2.05, 4.69) is 14.9 Å². The first-order valence-electron chi connectivity index (χ1n) is 4.21. The Morgan fingerprint density at radius 1 is 1.67 bits per heavy atom. The van der Waals surface area contributed by atoms with Crippen LogP contribution >= 0.6 is 0 Å². The van der Waals surface area contributed by atoms with Crippen LogP contribution in [0.2, 0.25) is 0 Å². The standard InChI is InChI=1S/C7H14N4O/c1-2-12-4-3-11-5-7(6-11)9-10-8/h7H,2-6H2,1H3. The van der Waals surface area contributed by atoms with Crippen LogP contribution in [0.15, 0.2) is 5.11 Å². The lowest BCUT2D eigenvalue weighted by Gasteiger charge is -2.36. The second kappa shape index (κ2) is 4.98. The minimum absolute atomic E-state index is 0.191. The van der Waals surface area contributed by atoms with E-state index in [4.69, 9.17) is 10.3 Å². The Hall–Kier alpha value is -0.770. The zero-order valence-electron chi connectivity index (χ0n) is 7.31. The summed E-state index contributed by atoms with van der Waals surface area (Å²) in [5.41, 5.74) is 8.12. The molecule has 1 heterocycles. The Morgan fingerprint density at radius 3 is 3.00 bits per heavy atom. The van der Waals surface area contributed by atoms with Gasteiger partial charge in [-0.15, -0.1) is 0 Å². The van der Waals surface area contributed by atoms with Gasteiger partial charge in [0.1, 0.15) is 0 Å². The number of azide groups is 1.